The Balaban J connectivity index is 2.76. The van der Waals surface area contributed by atoms with Crippen molar-refractivity contribution in [3.63, 3.8) is 0 Å². The first kappa shape index (κ1) is 13.8. The van der Waals surface area contributed by atoms with Crippen molar-refractivity contribution in [1.82, 2.24) is 4.90 Å². The second kappa shape index (κ2) is 5.41. The maximum Gasteiger partial charge on any atom is 0.123 e. The van der Waals surface area contributed by atoms with E-state index in [4.69, 9.17) is 10.5 Å². The van der Waals surface area contributed by atoms with Gasteiger partial charge < -0.3 is 15.4 Å². The molecule has 1 rings (SSSR count). The number of hydrogen-bond donors (Lipinski definition) is 1. The molecular formula is C14H24N2O. The van der Waals surface area contributed by atoms with Gasteiger partial charge in [-0.15, -0.1) is 0 Å². The fourth-order valence-corrected chi connectivity index (χ4v) is 2.08. The Morgan fingerprint density at radius 1 is 1.29 bits per heavy atom. The third kappa shape index (κ3) is 4.65. The van der Waals surface area contributed by atoms with Gasteiger partial charge in [-0.2, -0.15) is 0 Å². The minimum absolute atomic E-state index is 0.294. The summed E-state index contributed by atoms with van der Waals surface area (Å²) in [5.41, 5.74) is 8.03. The number of anilines is 1. The number of nitrogens with two attached hydrogens (primary N) is 1. The molecule has 0 spiro atoms. The lowest BCUT2D eigenvalue weighted by atomic mass is 9.96. The zero-order valence-corrected chi connectivity index (χ0v) is 11.6. The molecule has 17 heavy (non-hydrogen) atoms. The zero-order chi connectivity index (χ0) is 13.1. The van der Waals surface area contributed by atoms with Crippen LogP contribution in [0, 0.1) is 5.41 Å². The van der Waals surface area contributed by atoms with E-state index in [2.05, 4.69) is 32.7 Å². The van der Waals surface area contributed by atoms with E-state index in [1.807, 2.05) is 18.2 Å². The van der Waals surface area contributed by atoms with Crippen molar-refractivity contribution in [3.05, 3.63) is 23.8 Å². The van der Waals surface area contributed by atoms with Crippen LogP contribution in [0.15, 0.2) is 18.2 Å². The molecule has 1 aromatic carbocycles. The molecule has 0 fully saturated rings. The lowest BCUT2D eigenvalue weighted by molar-refractivity contribution is 0.218. The third-order valence-electron chi connectivity index (χ3n) is 2.49. The molecule has 3 nitrogen and oxygen atoms in total. The molecule has 0 amide bonds. The molecule has 0 aliphatic carbocycles. The normalized spacial score (nSPS) is 11.9. The highest BCUT2D eigenvalue weighted by Gasteiger charge is 2.15. The largest absolute Gasteiger partial charge is 0.496 e. The monoisotopic (exact) mass is 236 g/mol. The van der Waals surface area contributed by atoms with E-state index in [1.165, 1.54) is 0 Å². The van der Waals surface area contributed by atoms with Gasteiger partial charge in [-0.1, -0.05) is 20.8 Å². The minimum Gasteiger partial charge on any atom is -0.496 e. The fraction of sp³-hybridized carbons (Fsp3) is 0.571. The Kier molecular flexibility index (Phi) is 4.40. The maximum absolute atomic E-state index is 5.81. The number of hydrogen-bond acceptors (Lipinski definition) is 3. The van der Waals surface area contributed by atoms with Gasteiger partial charge in [0.25, 0.3) is 0 Å². The van der Waals surface area contributed by atoms with Crippen molar-refractivity contribution < 1.29 is 4.74 Å². The molecule has 0 aromatic heterocycles. The van der Waals surface area contributed by atoms with Crippen LogP contribution in [0.3, 0.4) is 0 Å². The van der Waals surface area contributed by atoms with E-state index >= 15 is 0 Å². The molecule has 0 aliphatic rings. The van der Waals surface area contributed by atoms with Crippen LogP contribution in [0.4, 0.5) is 5.69 Å². The van der Waals surface area contributed by atoms with Gasteiger partial charge in [-0.3, -0.25) is 0 Å². The standard InChI is InChI=1S/C14H24N2O/c1-14(2,3)10-16(4)9-11-8-12(15)6-7-13(11)17-5/h6-8H,9-10,15H2,1-5H3. The highest BCUT2D eigenvalue weighted by molar-refractivity contribution is 5.47. The van der Waals surface area contributed by atoms with E-state index in [1.54, 1.807) is 7.11 Å². The van der Waals surface area contributed by atoms with Gasteiger partial charge in [0.2, 0.25) is 0 Å². The van der Waals surface area contributed by atoms with Crippen molar-refractivity contribution in [2.75, 3.05) is 26.4 Å². The van der Waals surface area contributed by atoms with Gasteiger partial charge in [0, 0.05) is 24.3 Å². The second-order valence-electron chi connectivity index (χ2n) is 5.80. The van der Waals surface area contributed by atoms with Crippen LogP contribution < -0.4 is 10.5 Å². The van der Waals surface area contributed by atoms with Gasteiger partial charge in [0.15, 0.2) is 0 Å². The topological polar surface area (TPSA) is 38.5 Å². The Hall–Kier alpha value is -1.22. The minimum atomic E-state index is 0.294. The van der Waals surface area contributed by atoms with E-state index < -0.39 is 0 Å². The van der Waals surface area contributed by atoms with Gasteiger partial charge in [-0.05, 0) is 30.7 Å². The number of nitrogen functional groups attached to an aromatic ring is 1. The fourth-order valence-electron chi connectivity index (χ4n) is 2.08. The maximum atomic E-state index is 5.81. The van der Waals surface area contributed by atoms with Crippen LogP contribution in [-0.4, -0.2) is 25.6 Å². The first-order chi connectivity index (χ1) is 7.81. The Labute approximate surface area is 105 Å². The number of methoxy groups -OCH3 is 1. The molecule has 96 valence electrons. The summed E-state index contributed by atoms with van der Waals surface area (Å²) in [6.07, 6.45) is 0. The van der Waals surface area contributed by atoms with E-state index in [9.17, 15) is 0 Å². The molecule has 0 unspecified atom stereocenters. The van der Waals surface area contributed by atoms with Crippen LogP contribution in [0.1, 0.15) is 26.3 Å². The molecule has 0 saturated carbocycles. The molecule has 1 aromatic rings. The number of ether oxygens (including phenoxy) is 1. The van der Waals surface area contributed by atoms with Crippen LogP contribution in [-0.2, 0) is 6.54 Å². The summed E-state index contributed by atoms with van der Waals surface area (Å²) in [7, 11) is 3.81. The lowest BCUT2D eigenvalue weighted by Gasteiger charge is -2.27. The molecule has 0 radical (unpaired) electrons. The highest BCUT2D eigenvalue weighted by Crippen LogP contribution is 2.23. The summed E-state index contributed by atoms with van der Waals surface area (Å²) in [6, 6.07) is 5.78. The quantitative estimate of drug-likeness (QED) is 0.817. The van der Waals surface area contributed by atoms with Gasteiger partial charge in [0.05, 0.1) is 7.11 Å². The molecule has 0 heterocycles. The average molecular weight is 236 g/mol. The summed E-state index contributed by atoms with van der Waals surface area (Å²) >= 11 is 0. The van der Waals surface area contributed by atoms with Gasteiger partial charge >= 0.3 is 0 Å². The predicted octanol–water partition coefficient (Wildman–Crippen LogP) is 2.76. The Bertz CT molecular complexity index is 369. The van der Waals surface area contributed by atoms with Crippen molar-refractivity contribution in [3.8, 4) is 5.75 Å². The summed E-state index contributed by atoms with van der Waals surface area (Å²) in [5, 5.41) is 0. The van der Waals surface area contributed by atoms with Crippen molar-refractivity contribution >= 4 is 5.69 Å². The van der Waals surface area contributed by atoms with Crippen LogP contribution >= 0.6 is 0 Å². The Morgan fingerprint density at radius 3 is 2.47 bits per heavy atom. The average Bonchev–Trinajstić information content (AvgIpc) is 2.14. The van der Waals surface area contributed by atoms with Crippen LogP contribution in [0.25, 0.3) is 0 Å². The lowest BCUT2D eigenvalue weighted by Crippen LogP contribution is -2.29. The van der Waals surface area contributed by atoms with E-state index in [0.29, 0.717) is 5.41 Å². The van der Waals surface area contributed by atoms with Gasteiger partial charge in [-0.25, -0.2) is 0 Å². The first-order valence-electron chi connectivity index (χ1n) is 5.93. The molecule has 0 bridgehead atoms. The summed E-state index contributed by atoms with van der Waals surface area (Å²) in [4.78, 5) is 2.29. The molecule has 0 aliphatic heterocycles. The molecule has 2 N–H and O–H groups in total. The molecular weight excluding hydrogens is 212 g/mol. The smallest absolute Gasteiger partial charge is 0.123 e. The SMILES string of the molecule is COc1ccc(N)cc1CN(C)CC(C)(C)C. The third-order valence-corrected chi connectivity index (χ3v) is 2.49. The highest BCUT2D eigenvalue weighted by atomic mass is 16.5. The second-order valence-corrected chi connectivity index (χ2v) is 5.80. The number of benzene rings is 1. The van der Waals surface area contributed by atoms with Gasteiger partial charge in [0.1, 0.15) is 5.75 Å². The molecule has 3 heteroatoms. The van der Waals surface area contributed by atoms with E-state index in [-0.39, 0.29) is 0 Å². The van der Waals surface area contributed by atoms with Crippen LogP contribution in [0.2, 0.25) is 0 Å². The summed E-state index contributed by atoms with van der Waals surface area (Å²) in [6.45, 7) is 8.59. The van der Waals surface area contributed by atoms with Crippen molar-refractivity contribution in [1.29, 1.82) is 0 Å². The summed E-state index contributed by atoms with van der Waals surface area (Å²) < 4.78 is 5.35. The predicted molar refractivity (Wildman–Crippen MR) is 73.2 cm³/mol. The molecule has 0 saturated heterocycles. The number of rotatable bonds is 4. The van der Waals surface area contributed by atoms with E-state index in [0.717, 1.165) is 30.1 Å². The first-order valence-corrected chi connectivity index (χ1v) is 5.93. The molecule has 0 atom stereocenters. The number of nitrogens with zero attached hydrogens (tertiary/aromatic N) is 1. The summed E-state index contributed by atoms with van der Waals surface area (Å²) in [5.74, 6) is 0.903. The Morgan fingerprint density at radius 2 is 1.94 bits per heavy atom. The zero-order valence-electron chi connectivity index (χ0n) is 11.6. The van der Waals surface area contributed by atoms with Crippen molar-refractivity contribution in [2.24, 2.45) is 5.41 Å². The van der Waals surface area contributed by atoms with Crippen molar-refractivity contribution in [2.45, 2.75) is 27.3 Å². The van der Waals surface area contributed by atoms with Crippen LogP contribution in [0.5, 0.6) is 5.75 Å².